The van der Waals surface area contributed by atoms with Crippen LogP contribution < -0.4 is 10.4 Å². The first kappa shape index (κ1) is 27.5. The fourth-order valence-electron chi connectivity index (χ4n) is 6.63. The van der Waals surface area contributed by atoms with Crippen LogP contribution >= 0.6 is 0 Å². The normalized spacial score (nSPS) is 14.3. The Morgan fingerprint density at radius 3 is 2.18 bits per heavy atom. The lowest BCUT2D eigenvalue weighted by Gasteiger charge is -2.26. The molecule has 6 aromatic rings. The van der Waals surface area contributed by atoms with Crippen LogP contribution in [0.3, 0.4) is 0 Å². The number of rotatable bonds is 8. The first-order valence-corrected chi connectivity index (χ1v) is 15.0. The number of benzene rings is 5. The fraction of sp³-hybridized carbons (Fsp3) is 0.158. The van der Waals surface area contributed by atoms with Crippen LogP contribution in [0.4, 0.5) is 0 Å². The second-order valence-electron chi connectivity index (χ2n) is 11.3. The molecule has 5 aromatic carbocycles. The summed E-state index contributed by atoms with van der Waals surface area (Å²) in [5.74, 6) is -0.114. The minimum absolute atomic E-state index is 0.0575. The highest BCUT2D eigenvalue weighted by molar-refractivity contribution is 6.02. The minimum Gasteiger partial charge on any atom is -0.482 e. The molecule has 0 amide bonds. The summed E-state index contributed by atoms with van der Waals surface area (Å²) in [6.07, 6.45) is 2.44. The molecule has 218 valence electrons. The van der Waals surface area contributed by atoms with Gasteiger partial charge >= 0.3 is 11.7 Å². The van der Waals surface area contributed by atoms with Crippen molar-refractivity contribution in [3.8, 4) is 33.7 Å². The number of para-hydroxylation sites is 1. The van der Waals surface area contributed by atoms with Gasteiger partial charge in [-0.2, -0.15) is 0 Å². The van der Waals surface area contributed by atoms with E-state index in [1.165, 1.54) is 0 Å². The van der Waals surface area contributed by atoms with Gasteiger partial charge in [-0.1, -0.05) is 97.1 Å². The number of hydrogen-bond acceptors (Lipinski definition) is 3. The SMILES string of the molecule is O=C(O)COc1cccc2c1CCC(Cn1c(=O)n(-c3ccccc3)c3c(-c4ccccc4)c(-c4ccccc4)ccc31)C2. The summed E-state index contributed by atoms with van der Waals surface area (Å²) in [5, 5.41) is 9.10. The molecule has 1 N–H and O–H groups in total. The molecular weight excluding hydrogens is 548 g/mol. The highest BCUT2D eigenvalue weighted by atomic mass is 16.5. The Bertz CT molecular complexity index is 2010. The van der Waals surface area contributed by atoms with E-state index in [2.05, 4.69) is 42.5 Å². The van der Waals surface area contributed by atoms with Crippen LogP contribution in [0.2, 0.25) is 0 Å². The molecule has 7 rings (SSSR count). The highest BCUT2D eigenvalue weighted by Gasteiger charge is 2.26. The number of aliphatic carboxylic acids is 1. The maximum absolute atomic E-state index is 14.5. The Balaban J connectivity index is 1.38. The predicted molar refractivity (Wildman–Crippen MR) is 173 cm³/mol. The fourth-order valence-corrected chi connectivity index (χ4v) is 6.63. The first-order valence-electron chi connectivity index (χ1n) is 15.0. The van der Waals surface area contributed by atoms with Gasteiger partial charge in [0.1, 0.15) is 5.75 Å². The third-order valence-electron chi connectivity index (χ3n) is 8.59. The number of fused-ring (bicyclic) bond motifs is 2. The van der Waals surface area contributed by atoms with Crippen molar-refractivity contribution in [3.05, 3.63) is 143 Å². The van der Waals surface area contributed by atoms with Crippen molar-refractivity contribution in [1.82, 2.24) is 9.13 Å². The zero-order valence-corrected chi connectivity index (χ0v) is 24.2. The zero-order chi connectivity index (χ0) is 30.0. The third kappa shape index (κ3) is 5.09. The van der Waals surface area contributed by atoms with E-state index in [1.807, 2.05) is 88.0 Å². The number of carbonyl (C=O) groups is 1. The quantitative estimate of drug-likeness (QED) is 0.204. The molecular formula is C38H32N2O4. The molecule has 6 heteroatoms. The number of carboxylic acid groups (broad SMARTS) is 1. The molecule has 6 nitrogen and oxygen atoms in total. The molecule has 1 heterocycles. The van der Waals surface area contributed by atoms with Crippen LogP contribution in [0.5, 0.6) is 5.75 Å². The molecule has 0 saturated heterocycles. The second-order valence-corrected chi connectivity index (χ2v) is 11.3. The van der Waals surface area contributed by atoms with Gasteiger partial charge in [0.25, 0.3) is 0 Å². The molecule has 0 radical (unpaired) electrons. The van der Waals surface area contributed by atoms with E-state index >= 15 is 0 Å². The lowest BCUT2D eigenvalue weighted by atomic mass is 9.83. The van der Waals surface area contributed by atoms with Gasteiger partial charge in [0, 0.05) is 12.1 Å². The van der Waals surface area contributed by atoms with Crippen LogP contribution in [-0.2, 0) is 24.2 Å². The van der Waals surface area contributed by atoms with Gasteiger partial charge in [0.2, 0.25) is 0 Å². The standard InChI is InChI=1S/C38H32N2O4/c41-35(42)25-44-34-18-10-15-29-23-26(19-20-31(29)34)24-39-33-22-21-32(27-11-4-1-5-12-27)36(28-13-6-2-7-14-28)37(33)40(38(39)43)30-16-8-3-9-17-30/h1-18,21-22,26H,19-20,23-25H2,(H,41,42). The van der Waals surface area contributed by atoms with Gasteiger partial charge < -0.3 is 9.84 Å². The molecule has 1 aromatic heterocycles. The zero-order valence-electron chi connectivity index (χ0n) is 24.2. The van der Waals surface area contributed by atoms with E-state index in [4.69, 9.17) is 9.84 Å². The summed E-state index contributed by atoms with van der Waals surface area (Å²) in [4.78, 5) is 25.6. The van der Waals surface area contributed by atoms with E-state index in [0.29, 0.717) is 12.3 Å². The monoisotopic (exact) mass is 580 g/mol. The van der Waals surface area contributed by atoms with Crippen molar-refractivity contribution >= 4 is 17.0 Å². The lowest BCUT2D eigenvalue weighted by molar-refractivity contribution is -0.139. The number of ether oxygens (including phenoxy) is 1. The van der Waals surface area contributed by atoms with E-state index in [1.54, 1.807) is 0 Å². The first-order chi connectivity index (χ1) is 21.6. The van der Waals surface area contributed by atoms with Gasteiger partial charge in [0.15, 0.2) is 6.61 Å². The molecule has 1 atom stereocenters. The summed E-state index contributed by atoms with van der Waals surface area (Å²) in [7, 11) is 0. The van der Waals surface area contributed by atoms with Crippen molar-refractivity contribution in [2.24, 2.45) is 5.92 Å². The number of aromatic nitrogens is 2. The second kappa shape index (κ2) is 11.7. The van der Waals surface area contributed by atoms with E-state index in [-0.39, 0.29) is 18.2 Å². The predicted octanol–water partition coefficient (Wildman–Crippen LogP) is 7.39. The van der Waals surface area contributed by atoms with E-state index < -0.39 is 5.97 Å². The Labute approximate surface area is 255 Å². The Morgan fingerprint density at radius 2 is 1.48 bits per heavy atom. The van der Waals surface area contributed by atoms with E-state index in [0.717, 1.165) is 69.4 Å². The van der Waals surface area contributed by atoms with Crippen LogP contribution in [0, 0.1) is 5.92 Å². The smallest absolute Gasteiger partial charge is 0.341 e. The van der Waals surface area contributed by atoms with Crippen molar-refractivity contribution < 1.29 is 14.6 Å². The summed E-state index contributed by atoms with van der Waals surface area (Å²) in [5.41, 5.74) is 9.06. The van der Waals surface area contributed by atoms with E-state index in [9.17, 15) is 9.59 Å². The molecule has 0 fully saturated rings. The van der Waals surface area contributed by atoms with Crippen LogP contribution in [-0.4, -0.2) is 26.8 Å². The molecule has 0 aliphatic heterocycles. The summed E-state index contributed by atoms with van der Waals surface area (Å²) in [6, 6.07) is 40.6. The largest absolute Gasteiger partial charge is 0.482 e. The van der Waals surface area contributed by atoms with Crippen LogP contribution in [0.15, 0.2) is 126 Å². The summed E-state index contributed by atoms with van der Waals surface area (Å²) >= 11 is 0. The Morgan fingerprint density at radius 1 is 0.795 bits per heavy atom. The highest BCUT2D eigenvalue weighted by Crippen LogP contribution is 2.40. The third-order valence-corrected chi connectivity index (χ3v) is 8.59. The Hall–Kier alpha value is -5.36. The topological polar surface area (TPSA) is 73.5 Å². The van der Waals surface area contributed by atoms with Gasteiger partial charge in [-0.25, -0.2) is 9.59 Å². The lowest BCUT2D eigenvalue weighted by Crippen LogP contribution is -2.28. The average molecular weight is 581 g/mol. The van der Waals surface area contributed by atoms with Crippen molar-refractivity contribution in [2.75, 3.05) is 6.61 Å². The van der Waals surface area contributed by atoms with Crippen LogP contribution in [0.1, 0.15) is 17.5 Å². The molecule has 1 aliphatic rings. The maximum Gasteiger partial charge on any atom is 0.341 e. The molecule has 0 spiro atoms. The molecule has 0 bridgehead atoms. The minimum atomic E-state index is -0.990. The van der Waals surface area contributed by atoms with Crippen molar-refractivity contribution in [1.29, 1.82) is 0 Å². The number of hydrogen-bond donors (Lipinski definition) is 1. The number of carboxylic acids is 1. The maximum atomic E-state index is 14.5. The van der Waals surface area contributed by atoms with Gasteiger partial charge in [0.05, 0.1) is 16.7 Å². The van der Waals surface area contributed by atoms with Crippen molar-refractivity contribution in [3.63, 3.8) is 0 Å². The van der Waals surface area contributed by atoms with Crippen molar-refractivity contribution in [2.45, 2.75) is 25.8 Å². The van der Waals surface area contributed by atoms with Gasteiger partial charge in [-0.15, -0.1) is 0 Å². The number of imidazole rings is 1. The molecule has 0 saturated carbocycles. The van der Waals surface area contributed by atoms with Gasteiger partial charge in [-0.3, -0.25) is 9.13 Å². The molecule has 1 aliphatic carbocycles. The van der Waals surface area contributed by atoms with Crippen LogP contribution in [0.25, 0.3) is 39.0 Å². The Kier molecular flexibility index (Phi) is 7.32. The molecule has 1 unspecified atom stereocenters. The average Bonchev–Trinajstić information content (AvgIpc) is 3.34. The van der Waals surface area contributed by atoms with Gasteiger partial charge in [-0.05, 0) is 77.3 Å². The number of nitrogens with zero attached hydrogens (tertiary/aromatic N) is 2. The summed E-state index contributed by atoms with van der Waals surface area (Å²) < 4.78 is 9.42. The molecule has 44 heavy (non-hydrogen) atoms. The summed E-state index contributed by atoms with van der Waals surface area (Å²) in [6.45, 7) is 0.219.